The first kappa shape index (κ1) is 14.1. The van der Waals surface area contributed by atoms with E-state index < -0.39 is 0 Å². The highest BCUT2D eigenvalue weighted by atomic mass is 35.5. The summed E-state index contributed by atoms with van der Waals surface area (Å²) >= 11 is 5.79. The van der Waals surface area contributed by atoms with Crippen LogP contribution in [0, 0.1) is 11.8 Å². The Morgan fingerprint density at radius 1 is 1.20 bits per heavy atom. The lowest BCUT2D eigenvalue weighted by molar-refractivity contribution is 0.102. The fraction of sp³-hybridized carbons (Fsp3) is 0.0625. The lowest BCUT2D eigenvalue weighted by Crippen LogP contribution is -2.11. The third-order valence-corrected chi connectivity index (χ3v) is 2.81. The molecule has 3 N–H and O–H groups in total. The minimum absolute atomic E-state index is 0.189. The first-order valence-electron chi connectivity index (χ1n) is 6.05. The number of carbonyl (C=O) groups is 1. The molecule has 0 heterocycles. The van der Waals surface area contributed by atoms with Crippen molar-refractivity contribution in [3.63, 3.8) is 0 Å². The maximum atomic E-state index is 12.0. The fourth-order valence-corrected chi connectivity index (χ4v) is 1.76. The number of halogens is 1. The molecule has 3 nitrogen and oxygen atoms in total. The molecule has 0 spiro atoms. The number of rotatable bonds is 2. The van der Waals surface area contributed by atoms with Gasteiger partial charge in [-0.2, -0.15) is 0 Å². The summed E-state index contributed by atoms with van der Waals surface area (Å²) in [6.45, 7) is 0.307. The van der Waals surface area contributed by atoms with Crippen LogP contribution in [0.3, 0.4) is 0 Å². The van der Waals surface area contributed by atoms with E-state index in [1.165, 1.54) is 0 Å². The van der Waals surface area contributed by atoms with Crippen molar-refractivity contribution in [3.05, 3.63) is 64.7 Å². The summed E-state index contributed by atoms with van der Waals surface area (Å²) in [6.07, 6.45) is 0. The zero-order valence-electron chi connectivity index (χ0n) is 10.7. The molecule has 0 radical (unpaired) electrons. The van der Waals surface area contributed by atoms with Crippen molar-refractivity contribution in [1.29, 1.82) is 0 Å². The lowest BCUT2D eigenvalue weighted by Gasteiger charge is -2.05. The molecule has 20 heavy (non-hydrogen) atoms. The van der Waals surface area contributed by atoms with E-state index in [1.54, 1.807) is 36.4 Å². The molecule has 2 rings (SSSR count). The molecule has 0 aliphatic carbocycles. The molecule has 2 aromatic carbocycles. The van der Waals surface area contributed by atoms with Crippen LogP contribution in [0.5, 0.6) is 0 Å². The average molecular weight is 285 g/mol. The van der Waals surface area contributed by atoms with Crippen molar-refractivity contribution >= 4 is 23.2 Å². The quantitative estimate of drug-likeness (QED) is 0.833. The molecule has 0 unspecified atom stereocenters. The van der Waals surface area contributed by atoms with Crippen LogP contribution in [0.4, 0.5) is 5.69 Å². The minimum Gasteiger partial charge on any atom is -0.322 e. The number of hydrogen-bond donors (Lipinski definition) is 2. The van der Waals surface area contributed by atoms with Gasteiger partial charge in [-0.15, -0.1) is 0 Å². The van der Waals surface area contributed by atoms with Crippen molar-refractivity contribution < 1.29 is 4.79 Å². The van der Waals surface area contributed by atoms with Crippen molar-refractivity contribution in [1.82, 2.24) is 0 Å². The molecule has 2 aromatic rings. The Kier molecular flexibility index (Phi) is 4.78. The summed E-state index contributed by atoms with van der Waals surface area (Å²) < 4.78 is 0. The minimum atomic E-state index is -0.189. The Balaban J connectivity index is 2.13. The Bertz CT molecular complexity index is 669. The highest BCUT2D eigenvalue weighted by Crippen LogP contribution is 2.13. The third kappa shape index (κ3) is 3.86. The van der Waals surface area contributed by atoms with E-state index in [1.807, 2.05) is 12.1 Å². The molecule has 100 valence electrons. The maximum absolute atomic E-state index is 12.0. The largest absolute Gasteiger partial charge is 0.322 e. The van der Waals surface area contributed by atoms with Crippen molar-refractivity contribution in [2.45, 2.75) is 0 Å². The van der Waals surface area contributed by atoms with Crippen LogP contribution in [0.25, 0.3) is 0 Å². The Labute approximate surface area is 122 Å². The Morgan fingerprint density at radius 3 is 2.65 bits per heavy atom. The lowest BCUT2D eigenvalue weighted by atomic mass is 10.2. The summed E-state index contributed by atoms with van der Waals surface area (Å²) in [5.41, 5.74) is 7.38. The predicted molar refractivity (Wildman–Crippen MR) is 81.8 cm³/mol. The number of amides is 1. The molecule has 0 aliphatic rings. The third-order valence-electron chi connectivity index (χ3n) is 2.56. The number of carbonyl (C=O) groups excluding carboxylic acids is 1. The monoisotopic (exact) mass is 284 g/mol. The zero-order valence-corrected chi connectivity index (χ0v) is 11.4. The van der Waals surface area contributed by atoms with Gasteiger partial charge in [-0.25, -0.2) is 0 Å². The zero-order chi connectivity index (χ0) is 14.4. The predicted octanol–water partition coefficient (Wildman–Crippen LogP) is 2.90. The smallest absolute Gasteiger partial charge is 0.255 e. The molecule has 0 aliphatic heterocycles. The molecule has 4 heteroatoms. The van der Waals surface area contributed by atoms with Gasteiger partial charge in [0.25, 0.3) is 5.91 Å². The summed E-state index contributed by atoms with van der Waals surface area (Å²) in [5.74, 6) is 5.51. The van der Waals surface area contributed by atoms with Gasteiger partial charge in [0.15, 0.2) is 0 Å². The number of nitrogens with two attached hydrogens (primary N) is 1. The Hall–Kier alpha value is -2.28. The van der Waals surface area contributed by atoms with E-state index in [9.17, 15) is 4.79 Å². The number of hydrogen-bond acceptors (Lipinski definition) is 2. The highest BCUT2D eigenvalue weighted by Gasteiger charge is 2.05. The van der Waals surface area contributed by atoms with E-state index in [-0.39, 0.29) is 5.91 Å². The van der Waals surface area contributed by atoms with E-state index in [0.29, 0.717) is 22.8 Å². The topological polar surface area (TPSA) is 55.1 Å². The van der Waals surface area contributed by atoms with Crippen LogP contribution in [0.15, 0.2) is 48.5 Å². The fourth-order valence-electron chi connectivity index (χ4n) is 1.63. The molecule has 0 fully saturated rings. The second kappa shape index (κ2) is 6.76. The van der Waals surface area contributed by atoms with Crippen LogP contribution >= 0.6 is 11.6 Å². The number of anilines is 1. The normalized spacial score (nSPS) is 9.50. The van der Waals surface area contributed by atoms with Gasteiger partial charge < -0.3 is 11.1 Å². The van der Waals surface area contributed by atoms with Crippen LogP contribution in [0.1, 0.15) is 15.9 Å². The number of nitrogens with one attached hydrogen (secondary N) is 1. The average Bonchev–Trinajstić information content (AvgIpc) is 2.46. The van der Waals surface area contributed by atoms with E-state index in [0.717, 1.165) is 5.56 Å². The molecule has 0 saturated heterocycles. The molecular formula is C16H13ClN2O. The molecule has 0 atom stereocenters. The SMILES string of the molecule is NCC#Cc1cccc(NC(=O)c2ccc(Cl)cc2)c1. The van der Waals surface area contributed by atoms with E-state index in [2.05, 4.69) is 17.2 Å². The second-order valence-corrected chi connectivity index (χ2v) is 4.48. The summed E-state index contributed by atoms with van der Waals surface area (Å²) in [5, 5.41) is 3.41. The molecule has 0 aromatic heterocycles. The molecule has 0 saturated carbocycles. The van der Waals surface area contributed by atoms with Gasteiger partial charge in [0, 0.05) is 21.8 Å². The van der Waals surface area contributed by atoms with Crippen LogP contribution < -0.4 is 11.1 Å². The molecule has 0 bridgehead atoms. The van der Waals surface area contributed by atoms with Crippen LogP contribution in [-0.2, 0) is 0 Å². The van der Waals surface area contributed by atoms with Gasteiger partial charge in [-0.1, -0.05) is 29.5 Å². The second-order valence-electron chi connectivity index (χ2n) is 4.05. The molecular weight excluding hydrogens is 272 g/mol. The van der Waals surface area contributed by atoms with Gasteiger partial charge in [-0.3, -0.25) is 4.79 Å². The van der Waals surface area contributed by atoms with Gasteiger partial charge in [0.1, 0.15) is 0 Å². The first-order valence-corrected chi connectivity index (χ1v) is 6.43. The summed E-state index contributed by atoms with van der Waals surface area (Å²) in [7, 11) is 0. The summed E-state index contributed by atoms with van der Waals surface area (Å²) in [6, 6.07) is 14.0. The van der Waals surface area contributed by atoms with Gasteiger partial charge in [0.2, 0.25) is 0 Å². The van der Waals surface area contributed by atoms with Crippen molar-refractivity contribution in [3.8, 4) is 11.8 Å². The van der Waals surface area contributed by atoms with E-state index >= 15 is 0 Å². The summed E-state index contributed by atoms with van der Waals surface area (Å²) in [4.78, 5) is 12.0. The van der Waals surface area contributed by atoms with Gasteiger partial charge in [0.05, 0.1) is 6.54 Å². The van der Waals surface area contributed by atoms with E-state index in [4.69, 9.17) is 17.3 Å². The first-order chi connectivity index (χ1) is 9.69. The highest BCUT2D eigenvalue weighted by molar-refractivity contribution is 6.30. The van der Waals surface area contributed by atoms with Gasteiger partial charge >= 0.3 is 0 Å². The molecule has 1 amide bonds. The standard InChI is InChI=1S/C16H13ClN2O/c17-14-8-6-13(7-9-14)16(20)19-15-5-1-3-12(11-15)4-2-10-18/h1,3,5-9,11H,10,18H2,(H,19,20). The van der Waals surface area contributed by atoms with Crippen LogP contribution in [-0.4, -0.2) is 12.5 Å². The van der Waals surface area contributed by atoms with Gasteiger partial charge in [-0.05, 0) is 42.5 Å². The maximum Gasteiger partial charge on any atom is 0.255 e. The Morgan fingerprint density at radius 2 is 1.95 bits per heavy atom. The van der Waals surface area contributed by atoms with Crippen LogP contribution in [0.2, 0.25) is 5.02 Å². The van der Waals surface area contributed by atoms with Crippen molar-refractivity contribution in [2.24, 2.45) is 5.73 Å². The van der Waals surface area contributed by atoms with Crippen molar-refractivity contribution in [2.75, 3.05) is 11.9 Å². The number of benzene rings is 2.